The van der Waals surface area contributed by atoms with Gasteiger partial charge >= 0.3 is 48.3 Å². The monoisotopic (exact) mass is 2480 g/mol. The van der Waals surface area contributed by atoms with Crippen LogP contribution >= 0.6 is 29.4 Å². The summed E-state index contributed by atoms with van der Waals surface area (Å²) in [6.45, 7) is 8.71. The number of carboxylic acids is 1. The summed E-state index contributed by atoms with van der Waals surface area (Å²) in [6.07, 6.45) is 0.728. The third kappa shape index (κ3) is 30.1. The minimum absolute atomic E-state index is 0. The number of methoxy groups -OCH3 is 1. The Morgan fingerprint density at radius 1 is 0.653 bits per heavy atom. The molecule has 40 heteroatoms. The van der Waals surface area contributed by atoms with Crippen molar-refractivity contribution in [3.63, 3.8) is 0 Å². The molecule has 1 aliphatic carbocycles. The molecule has 6 amide bonds. The summed E-state index contributed by atoms with van der Waals surface area (Å²) in [6, 6.07) is 32.4. The van der Waals surface area contributed by atoms with E-state index in [9.17, 15) is 56.3 Å². The number of carboxylic acid groups (broad SMARTS) is 2. The number of aromatic nitrogens is 2. The van der Waals surface area contributed by atoms with E-state index in [0.29, 0.717) is 54.1 Å². The summed E-state index contributed by atoms with van der Waals surface area (Å²) < 4.78 is 86.6. The van der Waals surface area contributed by atoms with Gasteiger partial charge in [-0.3, -0.25) is 14.1 Å². The second-order valence-electron chi connectivity index (χ2n) is 28.7. The van der Waals surface area contributed by atoms with Crippen molar-refractivity contribution in [3.05, 3.63) is 160 Å². The fraction of sp³-hybridized carbons (Fsp3) is 0.432. The standard InChI is InChI=1S/C81H103N10O23PS3.3Fm/c1-52-59-23-30-84-75(73(59)53(2)72-64-45-58(106-6)19-20-66(64)89-74(52)72)83-28-11-35-91(5)36-12-29-87-78(98)110-47-55-18-22-69(117-116-51-67(76(95)85-34-41-113-115(101,102)103)90-80(100)112-48-65-62-15-9-7-13-60(62)61-14-8-10-16-63(61)65)57(44-55)25-38-108-49-70(92)82-32-39-107-40-33-88-79(99)111-46-54-17-21-68(56(43-54)24-37-109-50-71(93)94)114-118(104,105)42-27-81(3,4)26-31-86-77(96)97;;;/h7-10,13-23,30,43-45,65,67,86,89H,11-12,24-29,31-42,46-51H2,1-6H3,(H,82,92)(H,83,84)(H,85,95)(H,87,98)(H,88,99)(H,90,100)(H,93,94)(H,96,97)(H2,101,102,103);;;. The SMILES string of the molecule is COc1ccc2[nH]c3c(C)c4ccnc(NCCCN(C)CCCNC(=O)OCc5ccc(SSCC(NC(=O)OCC6c7ccccc7-c7ccccc76)C(=O)NCCOP(=O)(O)O)c(CCOCC(=O)NCCOCCNC(=O)OCc6ccc(OS(=O)(=O)CCC(C)(C)CCNC(=O)O)c(CCOCC(=O)O)c6)c5)c4c(C)c3c2c1.[Fm].[Fm].[Fm]. The molecule has 0 aliphatic heterocycles. The van der Waals surface area contributed by atoms with E-state index >= 15 is 0 Å². The second-order valence-corrected chi connectivity index (χ2v) is 34.0. The zero-order valence-corrected chi connectivity index (χ0v) is 78.0. The first kappa shape index (κ1) is 96.9. The predicted molar refractivity (Wildman–Crippen MR) is 447 cm³/mol. The van der Waals surface area contributed by atoms with Crippen LogP contribution in [0, 0.1) is 19.3 Å². The number of phosphoric acid groups is 1. The number of carbonyl (C=O) groups is 7. The number of anilines is 1. The minimum atomic E-state index is -4.85. The molecule has 0 fully saturated rings. The number of phosphoric ester groups is 1. The Labute approximate surface area is 691 Å². The largest absolute Gasteiger partial charge is 0.497 e. The maximum Gasteiger partial charge on any atom is 0.469 e. The van der Waals surface area contributed by atoms with E-state index in [4.69, 9.17) is 52.5 Å². The number of rotatable bonds is 50. The molecule has 2 aromatic heterocycles. The number of fused-ring (bicyclic) bond motifs is 7. The number of ether oxygens (including phenoxy) is 7. The molecule has 121 heavy (non-hydrogen) atoms. The molecule has 1 aliphatic rings. The molecule has 1 atom stereocenters. The third-order valence-electron chi connectivity index (χ3n) is 19.4. The van der Waals surface area contributed by atoms with Gasteiger partial charge in [-0.05, 0) is 181 Å². The molecule has 0 saturated carbocycles. The van der Waals surface area contributed by atoms with Crippen LogP contribution in [0.1, 0.15) is 90.0 Å². The van der Waals surface area contributed by atoms with E-state index in [2.05, 4.69) is 77.6 Å². The smallest absolute Gasteiger partial charge is 0.469 e. The van der Waals surface area contributed by atoms with E-state index in [0.717, 1.165) is 96.1 Å². The number of carbonyl (C=O) groups excluding carboxylic acids is 5. The predicted octanol–water partition coefficient (Wildman–Crippen LogP) is 10.5. The Hall–Kier alpha value is -13.0. The van der Waals surface area contributed by atoms with Gasteiger partial charge in [0, 0.05) is 83.7 Å². The molecule has 33 nitrogen and oxygen atoms in total. The first-order chi connectivity index (χ1) is 56.5. The number of pyridine rings is 1. The summed E-state index contributed by atoms with van der Waals surface area (Å²) in [4.78, 5) is 118. The number of hydrogen-bond donors (Lipinski definition) is 12. The van der Waals surface area contributed by atoms with Gasteiger partial charge < -0.3 is 104 Å². The molecule has 1 unspecified atom stereocenters. The van der Waals surface area contributed by atoms with Gasteiger partial charge in [-0.2, -0.15) is 8.42 Å². The van der Waals surface area contributed by atoms with E-state index in [1.54, 1.807) is 33.1 Å². The quantitative estimate of drug-likeness (QED) is 0.00554. The maximum absolute atomic E-state index is 13.7. The Kier molecular flexibility index (Phi) is 37.6. The average molecular weight is 2480 g/mol. The van der Waals surface area contributed by atoms with Crippen LogP contribution < -0.4 is 46.1 Å². The molecule has 9 rings (SSSR count). The molecule has 2 heterocycles. The summed E-state index contributed by atoms with van der Waals surface area (Å²) in [7, 11) is -2.80. The van der Waals surface area contributed by atoms with Crippen LogP contribution in [0.4, 0.5) is 25.0 Å². The molecule has 12 N–H and O–H groups in total. The Bertz CT molecular complexity index is 4930. The average Bonchev–Trinajstić information content (AvgIpc) is 1.60. The number of H-pyrrole nitrogens is 1. The number of benzene rings is 6. The van der Waals surface area contributed by atoms with Crippen molar-refractivity contribution in [1.29, 1.82) is 0 Å². The Balaban J connectivity index is 0.00000756. The van der Waals surface area contributed by atoms with Gasteiger partial charge in [0.1, 0.15) is 56.4 Å². The van der Waals surface area contributed by atoms with E-state index < -0.39 is 84.8 Å². The second kappa shape index (κ2) is 47.0. The zero-order chi connectivity index (χ0) is 84.8. The fourth-order valence-electron chi connectivity index (χ4n) is 13.3. The van der Waals surface area contributed by atoms with Crippen LogP contribution in [-0.2, 0) is 88.1 Å². The summed E-state index contributed by atoms with van der Waals surface area (Å²) in [5, 5.41) is 41.6. The summed E-state index contributed by atoms with van der Waals surface area (Å²) >= 11 is 0. The number of nitrogens with one attached hydrogen (secondary N) is 8. The van der Waals surface area contributed by atoms with Crippen LogP contribution in [0.5, 0.6) is 11.5 Å². The number of amides is 6. The zero-order valence-electron chi connectivity index (χ0n) is 67.5. The van der Waals surface area contributed by atoms with Gasteiger partial charge in [0.2, 0.25) is 11.8 Å². The van der Waals surface area contributed by atoms with Gasteiger partial charge in [-0.1, -0.05) is 102 Å². The molecule has 0 spiro atoms. The van der Waals surface area contributed by atoms with Crippen molar-refractivity contribution < 1.29 is 108 Å². The molecule has 674 valence electrons. The molecule has 6 aromatic carbocycles. The van der Waals surface area contributed by atoms with Gasteiger partial charge in [-0.25, -0.2) is 33.5 Å². The number of aryl methyl sites for hydroxylation is 2. The topological polar surface area (TPSA) is 451 Å². The van der Waals surface area contributed by atoms with Crippen LogP contribution in [0.3, 0.4) is 0 Å². The van der Waals surface area contributed by atoms with Crippen LogP contribution in [0.25, 0.3) is 43.7 Å². The maximum atomic E-state index is 13.7. The summed E-state index contributed by atoms with van der Waals surface area (Å²) in [5.41, 5.74) is 10.1. The molecular weight excluding hydrogens is 2380 g/mol. The number of aliphatic carboxylic acids is 1. The van der Waals surface area contributed by atoms with Gasteiger partial charge in [-0.15, -0.1) is 0 Å². The number of hydrogen-bond acceptors (Lipinski definition) is 24. The van der Waals surface area contributed by atoms with Gasteiger partial charge in [0.05, 0.1) is 51.4 Å². The van der Waals surface area contributed by atoms with E-state index in [-0.39, 0.29) is 121 Å². The van der Waals surface area contributed by atoms with E-state index in [1.165, 1.54) is 33.7 Å². The van der Waals surface area contributed by atoms with Gasteiger partial charge in [0.15, 0.2) is 0 Å². The van der Waals surface area contributed by atoms with Crippen LogP contribution in [-0.4, -0.2) is 222 Å². The van der Waals surface area contributed by atoms with Crippen molar-refractivity contribution in [3.8, 4) is 22.6 Å². The molecule has 0 bridgehead atoms. The Morgan fingerprint density at radius 2 is 1.28 bits per heavy atom. The van der Waals surface area contributed by atoms with E-state index in [1.807, 2.05) is 86.0 Å². The van der Waals surface area contributed by atoms with Crippen molar-refractivity contribution in [2.24, 2.45) is 5.41 Å². The van der Waals surface area contributed by atoms with Crippen LogP contribution in [0.2, 0.25) is 0 Å². The Morgan fingerprint density at radius 3 is 1.95 bits per heavy atom. The van der Waals surface area contributed by atoms with Crippen molar-refractivity contribution in [2.45, 2.75) is 96.3 Å². The number of alkyl carbamates (subject to hydrolysis) is 3. The van der Waals surface area contributed by atoms with Crippen LogP contribution in [0.15, 0.2) is 120 Å². The fourth-order valence-corrected chi connectivity index (χ4v) is 17.3. The molecule has 0 saturated heterocycles. The first-order valence-corrected chi connectivity index (χ1v) is 43.8. The normalized spacial score (nSPS) is 12.1. The molecule has 0 radical (unpaired) electrons. The first-order valence-electron chi connectivity index (χ1n) is 38.4. The van der Waals surface area contributed by atoms with Crippen molar-refractivity contribution >= 4 is 120 Å². The minimum Gasteiger partial charge on any atom is -0.497 e. The molecular formula is C81H103Fm3N10O23PS3. The van der Waals surface area contributed by atoms with Crippen molar-refractivity contribution in [1.82, 2.24) is 46.8 Å². The van der Waals surface area contributed by atoms with Gasteiger partial charge in [0.25, 0.3) is 0 Å². The number of aromatic amines is 1. The summed E-state index contributed by atoms with van der Waals surface area (Å²) in [5.74, 6) is -1.39. The number of nitrogens with zero attached hydrogens (tertiary/aromatic N) is 2. The van der Waals surface area contributed by atoms with Crippen molar-refractivity contribution in [2.75, 3.05) is 136 Å². The third-order valence-corrected chi connectivity index (χ3v) is 23.5. The molecule has 8 aromatic rings.